The molecule has 2 heteroatoms. The van der Waals surface area contributed by atoms with Crippen LogP contribution in [0.15, 0.2) is 36.4 Å². The van der Waals surface area contributed by atoms with E-state index >= 15 is 0 Å². The average molecular weight is 266 g/mol. The minimum Gasteiger partial charge on any atom is -0.294 e. The van der Waals surface area contributed by atoms with Gasteiger partial charge in [0.25, 0.3) is 0 Å². The molecule has 1 aromatic carbocycles. The lowest BCUT2D eigenvalue weighted by Crippen LogP contribution is -2.49. The van der Waals surface area contributed by atoms with Crippen molar-refractivity contribution in [2.75, 3.05) is 0 Å². The van der Waals surface area contributed by atoms with Gasteiger partial charge < -0.3 is 0 Å². The molecule has 0 aliphatic heterocycles. The van der Waals surface area contributed by atoms with Crippen LogP contribution >= 0.6 is 0 Å². The summed E-state index contributed by atoms with van der Waals surface area (Å²) in [6, 6.07) is 7.38. The number of benzene rings is 1. The number of allylic oxidation sites excluding steroid dienone is 2. The van der Waals surface area contributed by atoms with Gasteiger partial charge in [0, 0.05) is 17.0 Å². The van der Waals surface area contributed by atoms with Gasteiger partial charge in [-0.3, -0.25) is 9.59 Å². The van der Waals surface area contributed by atoms with Gasteiger partial charge in [-0.05, 0) is 24.7 Å². The van der Waals surface area contributed by atoms with Crippen LogP contribution in [0.3, 0.4) is 0 Å². The molecule has 4 rings (SSSR count). The Balaban J connectivity index is 1.97. The monoisotopic (exact) mass is 266 g/mol. The number of hydrogen-bond donors (Lipinski definition) is 0. The Kier molecular flexibility index (Phi) is 2.36. The van der Waals surface area contributed by atoms with Gasteiger partial charge in [0.05, 0.1) is 5.41 Å². The lowest BCUT2D eigenvalue weighted by molar-refractivity contribution is 0.0480. The quantitative estimate of drug-likeness (QED) is 0.765. The molecule has 2 nitrogen and oxygen atoms in total. The van der Waals surface area contributed by atoms with Gasteiger partial charge in [-0.15, -0.1) is 0 Å². The van der Waals surface area contributed by atoms with Gasteiger partial charge in [0.2, 0.25) is 0 Å². The first-order valence-electron chi connectivity index (χ1n) is 7.56. The van der Waals surface area contributed by atoms with E-state index in [0.29, 0.717) is 11.1 Å². The summed E-state index contributed by atoms with van der Waals surface area (Å²) in [5, 5.41) is 0. The van der Waals surface area contributed by atoms with E-state index in [2.05, 4.69) is 19.1 Å². The molecule has 0 spiro atoms. The van der Waals surface area contributed by atoms with Gasteiger partial charge in [-0.25, -0.2) is 0 Å². The molecule has 3 aliphatic carbocycles. The van der Waals surface area contributed by atoms with Gasteiger partial charge >= 0.3 is 0 Å². The second-order valence-electron chi connectivity index (χ2n) is 6.40. The predicted octanol–water partition coefficient (Wildman–Crippen LogP) is 3.67. The third kappa shape index (κ3) is 1.20. The highest BCUT2D eigenvalue weighted by atomic mass is 16.1. The zero-order valence-corrected chi connectivity index (χ0v) is 11.6. The van der Waals surface area contributed by atoms with E-state index in [1.54, 1.807) is 0 Å². The summed E-state index contributed by atoms with van der Waals surface area (Å²) in [6.45, 7) is 2.11. The Hall–Kier alpha value is -1.70. The minimum atomic E-state index is -0.445. The Bertz CT molecular complexity index is 643. The van der Waals surface area contributed by atoms with Crippen LogP contribution in [0.25, 0.3) is 0 Å². The number of carbonyl (C=O) groups is 2. The Morgan fingerprint density at radius 2 is 1.90 bits per heavy atom. The van der Waals surface area contributed by atoms with Crippen LogP contribution in [0.1, 0.15) is 46.9 Å². The van der Waals surface area contributed by atoms with E-state index in [0.717, 1.165) is 19.3 Å². The van der Waals surface area contributed by atoms with E-state index in [1.165, 1.54) is 0 Å². The summed E-state index contributed by atoms with van der Waals surface area (Å²) < 4.78 is 0. The molecule has 3 aliphatic rings. The summed E-state index contributed by atoms with van der Waals surface area (Å²) in [6.07, 6.45) is 7.13. The fourth-order valence-electron chi connectivity index (χ4n) is 4.89. The van der Waals surface area contributed by atoms with Crippen molar-refractivity contribution in [3.05, 3.63) is 47.5 Å². The van der Waals surface area contributed by atoms with E-state index in [9.17, 15) is 9.59 Å². The number of fused-ring (bicyclic) bond motifs is 6. The van der Waals surface area contributed by atoms with Crippen LogP contribution < -0.4 is 0 Å². The smallest absolute Gasteiger partial charge is 0.171 e. The first kappa shape index (κ1) is 12.1. The Labute approximate surface area is 118 Å². The zero-order valence-electron chi connectivity index (χ0n) is 11.6. The maximum atomic E-state index is 13.2. The number of rotatable bonds is 2. The highest BCUT2D eigenvalue weighted by Crippen LogP contribution is 2.62. The Morgan fingerprint density at radius 3 is 2.65 bits per heavy atom. The SMILES string of the molecule is CCCC12C(=O)c3ccccc3C(=O)C1C1C=CC2C1. The second kappa shape index (κ2) is 3.91. The summed E-state index contributed by atoms with van der Waals surface area (Å²) in [5.74, 6) is 0.848. The largest absolute Gasteiger partial charge is 0.294 e. The molecule has 0 N–H and O–H groups in total. The van der Waals surface area contributed by atoms with Crippen molar-refractivity contribution in [3.8, 4) is 0 Å². The van der Waals surface area contributed by atoms with Crippen molar-refractivity contribution in [2.45, 2.75) is 26.2 Å². The molecular formula is C18H18O2. The summed E-state index contributed by atoms with van der Waals surface area (Å²) in [5.41, 5.74) is 0.859. The van der Waals surface area contributed by atoms with E-state index in [-0.39, 0.29) is 29.3 Å². The second-order valence-corrected chi connectivity index (χ2v) is 6.40. The lowest BCUT2D eigenvalue weighted by Gasteiger charge is -2.43. The molecule has 0 heterocycles. The summed E-state index contributed by atoms with van der Waals surface area (Å²) in [7, 11) is 0. The highest BCUT2D eigenvalue weighted by Gasteiger charge is 2.64. The molecule has 2 bridgehead atoms. The molecular weight excluding hydrogens is 248 g/mol. The van der Waals surface area contributed by atoms with Crippen molar-refractivity contribution < 1.29 is 9.59 Å². The van der Waals surface area contributed by atoms with Crippen LogP contribution in [0, 0.1) is 23.2 Å². The minimum absolute atomic E-state index is 0.111. The molecule has 102 valence electrons. The first-order valence-corrected chi connectivity index (χ1v) is 7.56. The van der Waals surface area contributed by atoms with Gasteiger partial charge in [0.1, 0.15) is 0 Å². The number of hydrogen-bond acceptors (Lipinski definition) is 2. The normalized spacial score (nSPS) is 37.1. The zero-order chi connectivity index (χ0) is 13.9. The Morgan fingerprint density at radius 1 is 1.15 bits per heavy atom. The standard InChI is InChI=1S/C18H18O2/c1-2-9-18-12-8-7-11(10-12)15(18)16(19)13-5-3-4-6-14(13)17(18)20/h3-8,11-12,15H,2,9-10H2,1H3. The molecule has 0 radical (unpaired) electrons. The number of Topliss-reactive ketones (excluding diaryl/α,β-unsaturated/α-hetero) is 2. The summed E-state index contributed by atoms with van der Waals surface area (Å²) in [4.78, 5) is 26.1. The van der Waals surface area contributed by atoms with Crippen LogP contribution in [-0.2, 0) is 0 Å². The molecule has 0 saturated heterocycles. The molecule has 0 amide bonds. The van der Waals surface area contributed by atoms with Crippen molar-refractivity contribution >= 4 is 11.6 Å². The van der Waals surface area contributed by atoms with E-state index in [4.69, 9.17) is 0 Å². The number of carbonyl (C=O) groups excluding carboxylic acids is 2. The average Bonchev–Trinajstić information content (AvgIpc) is 3.05. The van der Waals surface area contributed by atoms with Crippen LogP contribution in [0.5, 0.6) is 0 Å². The van der Waals surface area contributed by atoms with Crippen molar-refractivity contribution in [2.24, 2.45) is 23.2 Å². The number of ketones is 2. The topological polar surface area (TPSA) is 34.1 Å². The molecule has 20 heavy (non-hydrogen) atoms. The van der Waals surface area contributed by atoms with Crippen molar-refractivity contribution in [1.29, 1.82) is 0 Å². The van der Waals surface area contributed by atoms with Crippen LogP contribution in [-0.4, -0.2) is 11.6 Å². The molecule has 0 aromatic heterocycles. The maximum absolute atomic E-state index is 13.2. The molecule has 1 fully saturated rings. The van der Waals surface area contributed by atoms with Gasteiger partial charge in [-0.2, -0.15) is 0 Å². The molecule has 1 aromatic rings. The molecule has 4 atom stereocenters. The molecule has 1 saturated carbocycles. The lowest BCUT2D eigenvalue weighted by atomic mass is 9.57. The fraction of sp³-hybridized carbons (Fsp3) is 0.444. The van der Waals surface area contributed by atoms with E-state index in [1.807, 2.05) is 24.3 Å². The third-order valence-electron chi connectivity index (χ3n) is 5.57. The molecule has 4 unspecified atom stereocenters. The predicted molar refractivity (Wildman–Crippen MR) is 76.7 cm³/mol. The summed E-state index contributed by atoms with van der Waals surface area (Å²) >= 11 is 0. The van der Waals surface area contributed by atoms with Crippen molar-refractivity contribution in [3.63, 3.8) is 0 Å². The highest BCUT2D eigenvalue weighted by molar-refractivity contribution is 6.18. The fourth-order valence-corrected chi connectivity index (χ4v) is 4.89. The third-order valence-corrected chi connectivity index (χ3v) is 5.57. The first-order chi connectivity index (χ1) is 9.70. The van der Waals surface area contributed by atoms with E-state index < -0.39 is 5.41 Å². The van der Waals surface area contributed by atoms with Gasteiger partial charge in [-0.1, -0.05) is 49.8 Å². The van der Waals surface area contributed by atoms with Gasteiger partial charge in [0.15, 0.2) is 11.6 Å². The van der Waals surface area contributed by atoms with Crippen LogP contribution in [0.4, 0.5) is 0 Å². The maximum Gasteiger partial charge on any atom is 0.171 e. The van der Waals surface area contributed by atoms with Crippen LogP contribution in [0.2, 0.25) is 0 Å². The van der Waals surface area contributed by atoms with Crippen molar-refractivity contribution in [1.82, 2.24) is 0 Å².